The lowest BCUT2D eigenvalue weighted by Crippen LogP contribution is -2.47. The van der Waals surface area contributed by atoms with Crippen LogP contribution in [0.2, 0.25) is 0 Å². The first-order chi connectivity index (χ1) is 40.6. The topological polar surface area (TPSA) is 484 Å². The van der Waals surface area contributed by atoms with Crippen LogP contribution in [0.15, 0.2) is 9.98 Å². The highest BCUT2D eigenvalue weighted by molar-refractivity contribution is 5.87. The molecule has 0 fully saturated rings. The van der Waals surface area contributed by atoms with Crippen molar-refractivity contribution in [2.24, 2.45) is 44.4 Å². The number of nitrogens with zero attached hydrogens (tertiary/aromatic N) is 2. The van der Waals surface area contributed by atoms with Gasteiger partial charge in [0.25, 0.3) is 0 Å². The van der Waals surface area contributed by atoms with Gasteiger partial charge in [-0.05, 0) is 77.2 Å². The average molecular weight is 1310 g/mol. The van der Waals surface area contributed by atoms with Gasteiger partial charge >= 0.3 is 54.6 Å². The Bertz CT molecular complexity index is 1940. The maximum atomic E-state index is 13.0. The summed E-state index contributed by atoms with van der Waals surface area (Å²) in [6.07, 6.45) is 2.80. The normalized spacial score (nSPS) is 12.1. The molecule has 0 radical (unpaired) electrons. The maximum absolute atomic E-state index is 13.0. The van der Waals surface area contributed by atoms with E-state index in [1.165, 1.54) is 0 Å². The molecule has 3 atom stereocenters. The van der Waals surface area contributed by atoms with Gasteiger partial charge in [-0.15, -0.1) is 0 Å². The van der Waals surface area contributed by atoms with Crippen molar-refractivity contribution >= 4 is 65.4 Å². The van der Waals surface area contributed by atoms with Gasteiger partial charge in [-0.2, -0.15) is 52.7 Å². The number of carboxylic acids is 5. The Labute approximate surface area is 500 Å². The van der Waals surface area contributed by atoms with Gasteiger partial charge in [-0.1, -0.05) is 89.9 Å². The minimum absolute atomic E-state index is 0.0414. The summed E-state index contributed by atoms with van der Waals surface area (Å²) in [5.74, 6) is -12.7. The lowest BCUT2D eigenvalue weighted by molar-refractivity contribution is -0.193. The molecule has 0 aromatic rings. The van der Waals surface area contributed by atoms with Crippen LogP contribution in [0.25, 0.3) is 0 Å². The molecule has 38 heteroatoms. The predicted octanol–water partition coefficient (Wildman–Crippen LogP) is 5.17. The first-order valence-corrected chi connectivity index (χ1v) is 27.8. The summed E-state index contributed by atoms with van der Waals surface area (Å²) in [7, 11) is 0. The highest BCUT2D eigenvalue weighted by Gasteiger charge is 2.40. The Morgan fingerprint density at radius 3 is 0.943 bits per heavy atom. The van der Waals surface area contributed by atoms with Crippen LogP contribution >= 0.6 is 0 Å². The molecule has 4 amide bonds. The van der Waals surface area contributed by atoms with Gasteiger partial charge in [0, 0.05) is 39.0 Å². The number of guanidine groups is 2. The zero-order valence-electron chi connectivity index (χ0n) is 48.7. The van der Waals surface area contributed by atoms with Crippen molar-refractivity contribution in [3.8, 4) is 0 Å². The van der Waals surface area contributed by atoms with E-state index in [9.17, 15) is 81.8 Å². The Balaban J connectivity index is -0.000000665. The number of aliphatic imine (C=N–C) groups is 2. The summed E-state index contributed by atoms with van der Waals surface area (Å²) in [4.78, 5) is 105. The molecule has 88 heavy (non-hydrogen) atoms. The summed E-state index contributed by atoms with van der Waals surface area (Å²) in [6, 6.07) is -2.03. The third kappa shape index (κ3) is 64.8. The minimum atomic E-state index is -5.08. The Morgan fingerprint density at radius 1 is 0.375 bits per heavy atom. The van der Waals surface area contributed by atoms with Gasteiger partial charge in [0.1, 0.15) is 12.1 Å². The van der Waals surface area contributed by atoms with E-state index in [1.54, 1.807) is 0 Å². The third-order valence-electron chi connectivity index (χ3n) is 11.2. The maximum Gasteiger partial charge on any atom is 0.490 e. The first kappa shape index (κ1) is 89.6. The smallest absolute Gasteiger partial charge is 0.480 e. The van der Waals surface area contributed by atoms with Gasteiger partial charge in [0.15, 0.2) is 11.9 Å². The Hall–Kier alpha value is -7.15. The van der Waals surface area contributed by atoms with Crippen LogP contribution in [0, 0.1) is 0 Å². The van der Waals surface area contributed by atoms with Crippen LogP contribution in [0.5, 0.6) is 0 Å². The molecule has 0 unspecified atom stereocenters. The van der Waals surface area contributed by atoms with E-state index in [1.807, 2.05) is 0 Å². The fourth-order valence-electron chi connectivity index (χ4n) is 6.68. The molecule has 516 valence electrons. The number of halogens is 12. The summed E-state index contributed by atoms with van der Waals surface area (Å²) < 4.78 is 127. The molecule has 0 spiro atoms. The van der Waals surface area contributed by atoms with Crippen molar-refractivity contribution in [1.82, 2.24) is 21.3 Å². The first-order valence-electron chi connectivity index (χ1n) is 27.8. The standard InChI is InChI=1S/C42H84N12O6.4C2HF3O2/c43-28-18-17-24-34(53-36(55)26-15-11-7-3-1-5-9-13-19-29-49-38(57)33(44)23-21-31-51-41(45)46)39(58)50-30-20-14-10-6-2-4-8-12-16-27-37(56)54-35(40(59)60)25-22-32-52-42(47)48;4*3-2(4,5)1(6)7/h33-35H,1-32,43-44H2,(H,49,57)(H,50,58)(H,53,55)(H,54,56)(H,59,60)(H4,45,46,51)(H4,47,48,52);4*(H,6,7)/t33-,34-,35-;;;;/m0..../s1. The van der Waals surface area contributed by atoms with E-state index in [0.717, 1.165) is 128 Å². The van der Waals surface area contributed by atoms with Gasteiger partial charge in [-0.3, -0.25) is 29.2 Å². The van der Waals surface area contributed by atoms with Crippen LogP contribution in [-0.2, 0) is 43.2 Å². The molecule has 0 aliphatic rings. The Morgan fingerprint density at radius 2 is 0.648 bits per heavy atom. The van der Waals surface area contributed by atoms with Crippen molar-refractivity contribution in [2.75, 3.05) is 32.7 Å². The highest BCUT2D eigenvalue weighted by atomic mass is 19.4. The molecule has 0 aromatic heterocycles. The van der Waals surface area contributed by atoms with E-state index < -0.39 is 72.7 Å². The molecular weight excluding hydrogens is 1220 g/mol. The number of aliphatic carboxylic acids is 5. The van der Waals surface area contributed by atoms with Crippen LogP contribution in [0.1, 0.15) is 173 Å². The third-order valence-corrected chi connectivity index (χ3v) is 11.2. The van der Waals surface area contributed by atoms with Crippen LogP contribution < -0.4 is 55.7 Å². The van der Waals surface area contributed by atoms with Gasteiger partial charge in [0.05, 0.1) is 6.04 Å². The predicted molar refractivity (Wildman–Crippen MR) is 295 cm³/mol. The second kappa shape index (κ2) is 52.9. The number of carbonyl (C=O) groups is 9. The number of hydrogen-bond acceptors (Lipinski definition) is 13. The molecule has 21 N–H and O–H groups in total. The fourth-order valence-corrected chi connectivity index (χ4v) is 6.68. The number of amides is 4. The number of nitrogens with two attached hydrogens (primary N) is 6. The van der Waals surface area contributed by atoms with Crippen LogP contribution in [-0.4, -0.2) is 166 Å². The summed E-state index contributed by atoms with van der Waals surface area (Å²) in [5.41, 5.74) is 32.7. The molecule has 0 aromatic carbocycles. The van der Waals surface area contributed by atoms with E-state index in [-0.39, 0.29) is 42.0 Å². The summed E-state index contributed by atoms with van der Waals surface area (Å²) in [6.45, 7) is 2.54. The molecule has 0 saturated heterocycles. The number of rotatable bonds is 41. The average Bonchev–Trinajstić information content (AvgIpc) is 3.53. The van der Waals surface area contributed by atoms with Crippen LogP contribution in [0.3, 0.4) is 0 Å². The molecular formula is C50H88F12N12O14. The van der Waals surface area contributed by atoms with Gasteiger partial charge < -0.3 is 81.2 Å². The molecule has 0 aliphatic heterocycles. The second-order valence-electron chi connectivity index (χ2n) is 19.0. The summed E-state index contributed by atoms with van der Waals surface area (Å²) >= 11 is 0. The lowest BCUT2D eigenvalue weighted by Gasteiger charge is -2.18. The van der Waals surface area contributed by atoms with E-state index >= 15 is 0 Å². The SMILES string of the molecule is NCCCC[C@H](NC(=O)CCCCCCCCCCCNC(=O)[C@@H](N)CCCN=C(N)N)C(=O)NCCCCCCCCCCCC(=O)N[C@@H](CCCN=C(N)N)C(=O)O.O=C(O)C(F)(F)F.O=C(O)C(F)(F)F.O=C(O)C(F)(F)F.O=C(O)C(F)(F)F. The van der Waals surface area contributed by atoms with Gasteiger partial charge in [0.2, 0.25) is 23.6 Å². The number of carboxylic acid groups (broad SMARTS) is 5. The quantitative estimate of drug-likeness (QED) is 0.0162. The molecule has 0 heterocycles. The monoisotopic (exact) mass is 1310 g/mol. The largest absolute Gasteiger partial charge is 0.490 e. The Kier molecular flexibility index (Phi) is 53.9. The van der Waals surface area contributed by atoms with Crippen molar-refractivity contribution in [1.29, 1.82) is 0 Å². The number of hydrogen-bond donors (Lipinski definition) is 15. The molecule has 0 rings (SSSR count). The van der Waals surface area contributed by atoms with E-state index in [2.05, 4.69) is 31.3 Å². The van der Waals surface area contributed by atoms with Crippen molar-refractivity contribution in [2.45, 2.75) is 216 Å². The fraction of sp³-hybridized carbons (Fsp3) is 0.780. The number of unbranched alkanes of at least 4 members (excludes halogenated alkanes) is 17. The number of alkyl halides is 12. The molecule has 26 nitrogen and oxygen atoms in total. The van der Waals surface area contributed by atoms with Crippen molar-refractivity contribution in [3.05, 3.63) is 0 Å². The van der Waals surface area contributed by atoms with Crippen molar-refractivity contribution < 1.29 is 121 Å². The molecule has 0 bridgehead atoms. The van der Waals surface area contributed by atoms with Gasteiger partial charge in [-0.25, -0.2) is 24.0 Å². The molecule has 0 aliphatic carbocycles. The van der Waals surface area contributed by atoms with E-state index in [4.69, 9.17) is 74.0 Å². The van der Waals surface area contributed by atoms with Crippen molar-refractivity contribution in [3.63, 3.8) is 0 Å². The summed E-state index contributed by atoms with van der Waals surface area (Å²) in [5, 5.41) is 49.3. The highest BCUT2D eigenvalue weighted by Crippen LogP contribution is 2.17. The zero-order valence-corrected chi connectivity index (χ0v) is 48.7. The molecule has 0 saturated carbocycles. The lowest BCUT2D eigenvalue weighted by atomic mass is 10.1. The number of carbonyl (C=O) groups excluding carboxylic acids is 4. The second-order valence-corrected chi connectivity index (χ2v) is 19.0. The van der Waals surface area contributed by atoms with E-state index in [0.29, 0.717) is 71.2 Å². The zero-order chi connectivity index (χ0) is 69.0. The number of nitrogens with one attached hydrogen (secondary N) is 4. The minimum Gasteiger partial charge on any atom is -0.480 e. The van der Waals surface area contributed by atoms with Crippen LogP contribution in [0.4, 0.5) is 52.7 Å².